The lowest BCUT2D eigenvalue weighted by atomic mass is 9.97. The molecule has 1 fully saturated rings. The number of halogens is 1. The van der Waals surface area contributed by atoms with Crippen molar-refractivity contribution in [3.05, 3.63) is 99.4 Å². The standard InChI is InChI=1S/C27H27FN4O4/c1-30(2)24-12-7-19(15-25(24)32(35)36)26(33)22-5-3-4-6-23(22)27(34)29-16-18-13-14-31(17-18)21-10-8-20(28)9-11-21/h3-12,15,18H,13-14,16-17H2,1-2H3,(H,29,34). The number of nitrogens with one attached hydrogen (secondary N) is 1. The Morgan fingerprint density at radius 1 is 1.08 bits per heavy atom. The molecular formula is C27H27FN4O4. The Labute approximate surface area is 208 Å². The summed E-state index contributed by atoms with van der Waals surface area (Å²) < 4.78 is 13.2. The van der Waals surface area contributed by atoms with Gasteiger partial charge in [0.2, 0.25) is 0 Å². The number of nitro benzene ring substituents is 1. The van der Waals surface area contributed by atoms with E-state index in [4.69, 9.17) is 0 Å². The summed E-state index contributed by atoms with van der Waals surface area (Å²) in [5, 5.41) is 14.5. The number of carbonyl (C=O) groups excluding carboxylic acids is 2. The first-order chi connectivity index (χ1) is 17.2. The molecule has 0 spiro atoms. The second-order valence-corrected chi connectivity index (χ2v) is 9.02. The molecule has 9 heteroatoms. The fraction of sp³-hybridized carbons (Fsp3) is 0.259. The van der Waals surface area contributed by atoms with E-state index in [9.17, 15) is 24.1 Å². The van der Waals surface area contributed by atoms with Crippen molar-refractivity contribution in [3.8, 4) is 0 Å². The Morgan fingerprint density at radius 3 is 2.44 bits per heavy atom. The highest BCUT2D eigenvalue weighted by atomic mass is 19.1. The topological polar surface area (TPSA) is 95.8 Å². The lowest BCUT2D eigenvalue weighted by Crippen LogP contribution is -2.32. The van der Waals surface area contributed by atoms with E-state index in [2.05, 4.69) is 10.2 Å². The van der Waals surface area contributed by atoms with E-state index < -0.39 is 10.7 Å². The van der Waals surface area contributed by atoms with Crippen LogP contribution >= 0.6 is 0 Å². The highest BCUT2D eigenvalue weighted by Crippen LogP contribution is 2.29. The summed E-state index contributed by atoms with van der Waals surface area (Å²) in [7, 11) is 3.37. The third-order valence-electron chi connectivity index (χ3n) is 6.36. The largest absolute Gasteiger partial charge is 0.372 e. The smallest absolute Gasteiger partial charge is 0.293 e. The van der Waals surface area contributed by atoms with Crippen LogP contribution in [-0.4, -0.2) is 50.3 Å². The van der Waals surface area contributed by atoms with E-state index in [1.54, 1.807) is 55.4 Å². The van der Waals surface area contributed by atoms with Crippen molar-refractivity contribution in [2.24, 2.45) is 5.92 Å². The molecular weight excluding hydrogens is 463 g/mol. The Morgan fingerprint density at radius 2 is 1.78 bits per heavy atom. The highest BCUT2D eigenvalue weighted by molar-refractivity contribution is 6.15. The van der Waals surface area contributed by atoms with Crippen molar-refractivity contribution < 1.29 is 18.9 Å². The quantitative estimate of drug-likeness (QED) is 0.288. The lowest BCUT2D eigenvalue weighted by molar-refractivity contribution is -0.384. The third kappa shape index (κ3) is 5.35. The average Bonchev–Trinajstić information content (AvgIpc) is 3.36. The van der Waals surface area contributed by atoms with Gasteiger partial charge in [-0.25, -0.2) is 4.39 Å². The van der Waals surface area contributed by atoms with Crippen molar-refractivity contribution in [3.63, 3.8) is 0 Å². The van der Waals surface area contributed by atoms with Gasteiger partial charge in [-0.3, -0.25) is 19.7 Å². The molecule has 1 unspecified atom stereocenters. The van der Waals surface area contributed by atoms with Crippen LogP contribution in [0.2, 0.25) is 0 Å². The van der Waals surface area contributed by atoms with E-state index in [0.29, 0.717) is 12.2 Å². The van der Waals surface area contributed by atoms with Crippen molar-refractivity contribution in [2.45, 2.75) is 6.42 Å². The maximum absolute atomic E-state index is 13.3. The SMILES string of the molecule is CN(C)c1ccc(C(=O)c2ccccc2C(=O)NCC2CCN(c3ccc(F)cc3)C2)cc1[N+](=O)[O-]. The molecule has 0 saturated carbocycles. The molecule has 0 bridgehead atoms. The summed E-state index contributed by atoms with van der Waals surface area (Å²) in [6.07, 6.45) is 0.875. The van der Waals surface area contributed by atoms with Crippen molar-refractivity contribution in [1.82, 2.24) is 5.32 Å². The molecule has 1 heterocycles. The molecule has 3 aromatic carbocycles. The number of anilines is 2. The molecule has 0 radical (unpaired) electrons. The summed E-state index contributed by atoms with van der Waals surface area (Å²) in [6, 6.07) is 17.1. The monoisotopic (exact) mass is 490 g/mol. The fourth-order valence-electron chi connectivity index (χ4n) is 4.44. The van der Waals surface area contributed by atoms with Crippen molar-refractivity contribution in [2.75, 3.05) is 43.5 Å². The van der Waals surface area contributed by atoms with E-state index in [-0.39, 0.29) is 40.0 Å². The number of benzene rings is 3. The van der Waals surface area contributed by atoms with Crippen LogP contribution in [0.15, 0.2) is 66.7 Å². The Bertz CT molecular complexity index is 1290. The van der Waals surface area contributed by atoms with Crippen LogP contribution in [0.5, 0.6) is 0 Å². The van der Waals surface area contributed by atoms with Crippen LogP contribution < -0.4 is 15.1 Å². The molecule has 1 aliphatic heterocycles. The minimum Gasteiger partial charge on any atom is -0.372 e. The van der Waals surface area contributed by atoms with Gasteiger partial charge in [0.05, 0.1) is 10.5 Å². The molecule has 0 aliphatic carbocycles. The van der Waals surface area contributed by atoms with E-state index in [1.807, 2.05) is 0 Å². The summed E-state index contributed by atoms with van der Waals surface area (Å²) in [5.74, 6) is -0.905. The summed E-state index contributed by atoms with van der Waals surface area (Å²) in [5.41, 5.74) is 1.68. The molecule has 3 aromatic rings. The van der Waals surface area contributed by atoms with E-state index >= 15 is 0 Å². The second kappa shape index (κ2) is 10.6. The first-order valence-electron chi connectivity index (χ1n) is 11.6. The molecule has 0 aromatic heterocycles. The molecule has 1 saturated heterocycles. The van der Waals surface area contributed by atoms with Gasteiger partial charge < -0.3 is 15.1 Å². The first-order valence-corrected chi connectivity index (χ1v) is 11.6. The van der Waals surface area contributed by atoms with Gasteiger partial charge in [0.15, 0.2) is 5.78 Å². The minimum absolute atomic E-state index is 0.137. The van der Waals surface area contributed by atoms with Crippen LogP contribution in [0, 0.1) is 21.8 Å². The van der Waals surface area contributed by atoms with Gasteiger partial charge in [-0.2, -0.15) is 0 Å². The van der Waals surface area contributed by atoms with Gasteiger partial charge in [-0.15, -0.1) is 0 Å². The van der Waals surface area contributed by atoms with Crippen LogP contribution in [0.1, 0.15) is 32.7 Å². The molecule has 36 heavy (non-hydrogen) atoms. The first kappa shape index (κ1) is 24.8. The lowest BCUT2D eigenvalue weighted by Gasteiger charge is -2.19. The number of nitro groups is 1. The highest BCUT2D eigenvalue weighted by Gasteiger charge is 2.25. The number of ketones is 1. The zero-order valence-electron chi connectivity index (χ0n) is 20.1. The molecule has 1 aliphatic rings. The number of amides is 1. The third-order valence-corrected chi connectivity index (χ3v) is 6.36. The van der Waals surface area contributed by atoms with Gasteiger partial charge in [-0.05, 0) is 54.8 Å². The molecule has 8 nitrogen and oxygen atoms in total. The van der Waals surface area contributed by atoms with Crippen LogP contribution in [0.25, 0.3) is 0 Å². The number of nitrogens with zero attached hydrogens (tertiary/aromatic N) is 3. The van der Waals surface area contributed by atoms with Crippen molar-refractivity contribution in [1.29, 1.82) is 0 Å². The van der Waals surface area contributed by atoms with E-state index in [1.165, 1.54) is 30.3 Å². The molecule has 1 N–H and O–H groups in total. The predicted octanol–water partition coefficient (Wildman–Crippen LogP) is 4.29. The van der Waals surface area contributed by atoms with E-state index in [0.717, 1.165) is 25.2 Å². The van der Waals surface area contributed by atoms with Gasteiger partial charge in [0, 0.05) is 56.6 Å². The number of hydrogen-bond acceptors (Lipinski definition) is 6. The summed E-state index contributed by atoms with van der Waals surface area (Å²) in [6.45, 7) is 1.97. The maximum atomic E-state index is 13.3. The molecule has 186 valence electrons. The number of rotatable bonds is 8. The Hall–Kier alpha value is -4.27. The second-order valence-electron chi connectivity index (χ2n) is 9.02. The van der Waals surface area contributed by atoms with Crippen LogP contribution in [0.3, 0.4) is 0 Å². The summed E-state index contributed by atoms with van der Waals surface area (Å²) >= 11 is 0. The zero-order chi connectivity index (χ0) is 25.8. The average molecular weight is 491 g/mol. The predicted molar refractivity (Wildman–Crippen MR) is 136 cm³/mol. The number of hydrogen-bond donors (Lipinski definition) is 1. The van der Waals surface area contributed by atoms with Crippen LogP contribution in [-0.2, 0) is 0 Å². The van der Waals surface area contributed by atoms with Crippen molar-refractivity contribution >= 4 is 28.8 Å². The van der Waals surface area contributed by atoms with Gasteiger partial charge in [-0.1, -0.05) is 18.2 Å². The zero-order valence-corrected chi connectivity index (χ0v) is 20.1. The fourth-order valence-corrected chi connectivity index (χ4v) is 4.44. The number of carbonyl (C=O) groups is 2. The Kier molecular flexibility index (Phi) is 7.28. The van der Waals surface area contributed by atoms with Gasteiger partial charge >= 0.3 is 0 Å². The van der Waals surface area contributed by atoms with Gasteiger partial charge in [0.1, 0.15) is 11.5 Å². The van der Waals surface area contributed by atoms with Gasteiger partial charge in [0.25, 0.3) is 11.6 Å². The van der Waals surface area contributed by atoms with Crippen LogP contribution in [0.4, 0.5) is 21.5 Å². The normalized spacial score (nSPS) is 15.0. The molecule has 1 atom stereocenters. The molecule has 4 rings (SSSR count). The summed E-state index contributed by atoms with van der Waals surface area (Å²) in [4.78, 5) is 41.1. The molecule has 1 amide bonds. The Balaban J connectivity index is 1.46. The maximum Gasteiger partial charge on any atom is 0.293 e. The minimum atomic E-state index is -0.526.